The van der Waals surface area contributed by atoms with Crippen LogP contribution in [0.25, 0.3) is 0 Å². The van der Waals surface area contributed by atoms with Crippen molar-refractivity contribution in [2.24, 2.45) is 0 Å². The minimum absolute atomic E-state index is 0.266. The predicted molar refractivity (Wildman–Crippen MR) is 74.5 cm³/mol. The van der Waals surface area contributed by atoms with Crippen LogP contribution >= 0.6 is 23.1 Å². The smallest absolute Gasteiger partial charge is 0.331 e. The molecule has 0 radical (unpaired) electrons. The third-order valence-corrected chi connectivity index (χ3v) is 3.77. The molecule has 1 heterocycles. The van der Waals surface area contributed by atoms with Gasteiger partial charge in [0.1, 0.15) is 15.6 Å². The number of hydrogen-bond acceptors (Lipinski definition) is 5. The third-order valence-electron chi connectivity index (χ3n) is 2.69. The largest absolute Gasteiger partial charge is 0.464 e. The molecule has 0 aliphatic carbocycles. The van der Waals surface area contributed by atoms with Crippen molar-refractivity contribution in [3.63, 3.8) is 0 Å². The van der Waals surface area contributed by atoms with E-state index in [1.807, 2.05) is 13.8 Å². The van der Waals surface area contributed by atoms with E-state index in [0.29, 0.717) is 17.9 Å². The summed E-state index contributed by atoms with van der Waals surface area (Å²) in [4.78, 5) is 24.3. The Balaban J connectivity index is 2.74. The van der Waals surface area contributed by atoms with E-state index in [4.69, 9.17) is 16.3 Å². The van der Waals surface area contributed by atoms with Gasteiger partial charge in [0.05, 0.1) is 6.61 Å². The Hall–Kier alpha value is -1.14. The van der Waals surface area contributed by atoms with E-state index in [1.54, 1.807) is 6.92 Å². The fourth-order valence-corrected chi connectivity index (χ4v) is 2.12. The summed E-state index contributed by atoms with van der Waals surface area (Å²) in [5.41, 5.74) is -1.04. The van der Waals surface area contributed by atoms with E-state index in [0.717, 1.165) is 18.0 Å². The number of hydrogen-bond donors (Lipinski definition) is 1. The van der Waals surface area contributed by atoms with Gasteiger partial charge in [0.15, 0.2) is 0 Å². The van der Waals surface area contributed by atoms with Gasteiger partial charge in [-0.3, -0.25) is 4.79 Å². The zero-order valence-corrected chi connectivity index (χ0v) is 12.7. The highest BCUT2D eigenvalue weighted by Crippen LogP contribution is 2.17. The van der Waals surface area contributed by atoms with E-state index >= 15 is 0 Å². The lowest BCUT2D eigenvalue weighted by Crippen LogP contribution is -2.52. The van der Waals surface area contributed by atoms with Crippen LogP contribution in [-0.4, -0.2) is 28.4 Å². The summed E-state index contributed by atoms with van der Waals surface area (Å²) in [6.07, 6.45) is 1.18. The molecule has 0 aromatic carbocycles. The fourth-order valence-electron chi connectivity index (χ4n) is 1.31. The molecular formula is C12H17ClN2O3S. The Labute approximate surface area is 121 Å². The van der Waals surface area contributed by atoms with Crippen LogP contribution in [0.4, 0.5) is 0 Å². The second kappa shape index (κ2) is 6.86. The first kappa shape index (κ1) is 15.9. The highest BCUT2D eigenvalue weighted by molar-refractivity contribution is 7.08. The maximum absolute atomic E-state index is 12.0. The molecule has 0 aliphatic heterocycles. The minimum Gasteiger partial charge on any atom is -0.464 e. The number of esters is 1. The van der Waals surface area contributed by atoms with Gasteiger partial charge in [-0.2, -0.15) is 4.37 Å². The molecule has 1 rings (SSSR count). The Kier molecular flexibility index (Phi) is 5.75. The van der Waals surface area contributed by atoms with Gasteiger partial charge in [-0.05, 0) is 31.3 Å². The van der Waals surface area contributed by atoms with E-state index in [2.05, 4.69) is 9.69 Å². The van der Waals surface area contributed by atoms with Crippen LogP contribution < -0.4 is 5.32 Å². The van der Waals surface area contributed by atoms with Crippen molar-refractivity contribution in [1.82, 2.24) is 9.69 Å². The van der Waals surface area contributed by atoms with Crippen molar-refractivity contribution in [3.05, 3.63) is 16.1 Å². The lowest BCUT2D eigenvalue weighted by atomic mass is 9.99. The zero-order valence-electron chi connectivity index (χ0n) is 11.2. The van der Waals surface area contributed by atoms with Crippen molar-refractivity contribution >= 4 is 35.0 Å². The van der Waals surface area contributed by atoms with Gasteiger partial charge in [-0.15, -0.1) is 0 Å². The Bertz CT molecular complexity index is 464. The molecule has 1 atom stereocenters. The number of nitrogens with zero attached hydrogens (tertiary/aromatic N) is 1. The topological polar surface area (TPSA) is 68.3 Å². The van der Waals surface area contributed by atoms with Gasteiger partial charge < -0.3 is 10.1 Å². The molecule has 1 unspecified atom stereocenters. The molecule has 19 heavy (non-hydrogen) atoms. The van der Waals surface area contributed by atoms with Gasteiger partial charge >= 0.3 is 5.97 Å². The number of carbonyl (C=O) groups excluding carboxylic acids is 2. The second-order valence-corrected chi connectivity index (χ2v) is 5.48. The highest BCUT2D eigenvalue weighted by atomic mass is 35.5. The van der Waals surface area contributed by atoms with Gasteiger partial charge in [0.25, 0.3) is 5.91 Å². The number of aromatic nitrogens is 1. The van der Waals surface area contributed by atoms with Crippen molar-refractivity contribution in [2.75, 3.05) is 6.61 Å². The van der Waals surface area contributed by atoms with Crippen LogP contribution in [0.1, 0.15) is 43.3 Å². The fraction of sp³-hybridized carbons (Fsp3) is 0.583. The molecule has 0 fully saturated rings. The Morgan fingerprint density at radius 2 is 2.21 bits per heavy atom. The summed E-state index contributed by atoms with van der Waals surface area (Å²) in [6, 6.07) is 1.47. The van der Waals surface area contributed by atoms with Crippen molar-refractivity contribution in [2.45, 2.75) is 39.2 Å². The predicted octanol–water partition coefficient (Wildman–Crippen LogP) is 2.65. The lowest BCUT2D eigenvalue weighted by molar-refractivity contribution is -0.150. The number of amides is 1. The normalized spacial score (nSPS) is 13.7. The summed E-state index contributed by atoms with van der Waals surface area (Å²) in [6.45, 7) is 5.71. The van der Waals surface area contributed by atoms with Crippen LogP contribution in [0.15, 0.2) is 6.07 Å². The first-order valence-corrected chi connectivity index (χ1v) is 7.20. The standard InChI is InChI=1S/C12H17ClN2O3S/c1-4-6-18-11(17)12(3,5-2)14-10(16)8-7-9(13)15-19-8/h7H,4-6H2,1-3H3,(H,14,16). The van der Waals surface area contributed by atoms with Crippen LogP contribution in [-0.2, 0) is 9.53 Å². The molecule has 1 amide bonds. The Morgan fingerprint density at radius 1 is 1.53 bits per heavy atom. The highest BCUT2D eigenvalue weighted by Gasteiger charge is 2.35. The molecule has 5 nitrogen and oxygen atoms in total. The van der Waals surface area contributed by atoms with Crippen molar-refractivity contribution in [3.8, 4) is 0 Å². The summed E-state index contributed by atoms with van der Waals surface area (Å²) in [5.74, 6) is -0.803. The summed E-state index contributed by atoms with van der Waals surface area (Å²) < 4.78 is 8.92. The van der Waals surface area contributed by atoms with Gasteiger partial charge in [-0.1, -0.05) is 25.4 Å². The molecule has 0 saturated heterocycles. The number of ether oxygens (including phenoxy) is 1. The quantitative estimate of drug-likeness (QED) is 0.820. The Morgan fingerprint density at radius 3 is 2.68 bits per heavy atom. The molecule has 0 saturated carbocycles. The second-order valence-electron chi connectivity index (χ2n) is 4.29. The van der Waals surface area contributed by atoms with Crippen LogP contribution in [0.2, 0.25) is 5.15 Å². The summed E-state index contributed by atoms with van der Waals surface area (Å²) >= 11 is 6.66. The number of halogens is 1. The average molecular weight is 305 g/mol. The van der Waals surface area contributed by atoms with Crippen LogP contribution in [0.5, 0.6) is 0 Å². The van der Waals surface area contributed by atoms with E-state index in [-0.39, 0.29) is 11.1 Å². The molecule has 7 heteroatoms. The van der Waals surface area contributed by atoms with E-state index < -0.39 is 11.5 Å². The maximum Gasteiger partial charge on any atom is 0.331 e. The molecule has 1 aromatic rings. The van der Waals surface area contributed by atoms with Crippen molar-refractivity contribution < 1.29 is 14.3 Å². The number of carbonyl (C=O) groups is 2. The van der Waals surface area contributed by atoms with Gasteiger partial charge in [0, 0.05) is 6.07 Å². The monoisotopic (exact) mass is 304 g/mol. The molecule has 1 N–H and O–H groups in total. The van der Waals surface area contributed by atoms with E-state index in [1.165, 1.54) is 6.07 Å². The summed E-state index contributed by atoms with van der Waals surface area (Å²) in [7, 11) is 0. The molecule has 1 aromatic heterocycles. The van der Waals surface area contributed by atoms with Crippen molar-refractivity contribution in [1.29, 1.82) is 0 Å². The lowest BCUT2D eigenvalue weighted by Gasteiger charge is -2.26. The molecule has 0 aliphatic rings. The maximum atomic E-state index is 12.0. The first-order valence-electron chi connectivity index (χ1n) is 6.05. The van der Waals surface area contributed by atoms with Crippen LogP contribution in [0, 0.1) is 0 Å². The first-order chi connectivity index (χ1) is 8.92. The molecule has 0 spiro atoms. The van der Waals surface area contributed by atoms with Crippen LogP contribution in [0.3, 0.4) is 0 Å². The minimum atomic E-state index is -1.04. The molecule has 106 valence electrons. The SMILES string of the molecule is CCCOC(=O)C(C)(CC)NC(=O)c1cc(Cl)ns1. The average Bonchev–Trinajstić information content (AvgIpc) is 2.82. The molecular weight excluding hydrogens is 288 g/mol. The zero-order chi connectivity index (χ0) is 14.5. The number of rotatable bonds is 6. The number of nitrogens with one attached hydrogen (secondary N) is 1. The molecule has 0 bridgehead atoms. The third kappa shape index (κ3) is 4.18. The summed E-state index contributed by atoms with van der Waals surface area (Å²) in [5, 5.41) is 2.95. The van der Waals surface area contributed by atoms with E-state index in [9.17, 15) is 9.59 Å². The van der Waals surface area contributed by atoms with Gasteiger partial charge in [0.2, 0.25) is 0 Å². The van der Waals surface area contributed by atoms with Gasteiger partial charge in [-0.25, -0.2) is 4.79 Å².